The maximum atomic E-state index is 12.6. The molecule has 1 aromatic rings. The van der Waals surface area contributed by atoms with Gasteiger partial charge in [0.2, 0.25) is 0 Å². The molecule has 1 unspecified atom stereocenters. The zero-order chi connectivity index (χ0) is 18.6. The van der Waals surface area contributed by atoms with Gasteiger partial charge in [0.1, 0.15) is 22.7 Å². The maximum Gasteiger partial charge on any atom is 0.327 e. The fourth-order valence-corrected chi connectivity index (χ4v) is 3.71. The molecule has 1 aliphatic heterocycles. The summed E-state index contributed by atoms with van der Waals surface area (Å²) in [5.74, 6) is -0.977. The Hall–Kier alpha value is -2.12. The van der Waals surface area contributed by atoms with E-state index in [2.05, 4.69) is 6.58 Å². The third-order valence-electron chi connectivity index (χ3n) is 3.53. The van der Waals surface area contributed by atoms with Gasteiger partial charge in [-0.15, -0.1) is 0 Å². The first kappa shape index (κ1) is 19.2. The van der Waals surface area contributed by atoms with Gasteiger partial charge in [0.25, 0.3) is 5.91 Å². The number of rotatable bonds is 7. The second-order valence-electron chi connectivity index (χ2n) is 5.75. The molecule has 7 heteroatoms. The molecule has 5 nitrogen and oxygen atoms in total. The van der Waals surface area contributed by atoms with Crippen molar-refractivity contribution in [2.75, 3.05) is 6.61 Å². The van der Waals surface area contributed by atoms with E-state index in [0.29, 0.717) is 17.3 Å². The second kappa shape index (κ2) is 8.31. The fourth-order valence-electron chi connectivity index (χ4n) is 2.38. The normalized spacial score (nSPS) is 17.2. The van der Waals surface area contributed by atoms with E-state index in [9.17, 15) is 14.7 Å². The van der Waals surface area contributed by atoms with Crippen LogP contribution in [0.1, 0.15) is 19.4 Å². The van der Waals surface area contributed by atoms with Crippen LogP contribution in [0.3, 0.4) is 0 Å². The van der Waals surface area contributed by atoms with Gasteiger partial charge >= 0.3 is 5.97 Å². The predicted octanol–water partition coefficient (Wildman–Crippen LogP) is 3.56. The van der Waals surface area contributed by atoms with Gasteiger partial charge in [-0.1, -0.05) is 62.6 Å². The number of aliphatic carboxylic acids is 1. The molecular weight excluding hydrogens is 358 g/mol. The van der Waals surface area contributed by atoms with Crippen molar-refractivity contribution < 1.29 is 19.4 Å². The van der Waals surface area contributed by atoms with Crippen molar-refractivity contribution in [1.82, 2.24) is 4.90 Å². The van der Waals surface area contributed by atoms with E-state index >= 15 is 0 Å². The molecule has 1 saturated heterocycles. The minimum atomic E-state index is -1.06. The molecule has 1 heterocycles. The van der Waals surface area contributed by atoms with Crippen molar-refractivity contribution in [3.63, 3.8) is 0 Å². The van der Waals surface area contributed by atoms with Crippen molar-refractivity contribution in [2.24, 2.45) is 5.92 Å². The molecule has 1 amide bonds. The van der Waals surface area contributed by atoms with E-state index in [0.717, 1.165) is 17.3 Å². The zero-order valence-electron chi connectivity index (χ0n) is 14.0. The minimum absolute atomic E-state index is 0.249. The third kappa shape index (κ3) is 4.49. The lowest BCUT2D eigenvalue weighted by atomic mass is 10.0. The van der Waals surface area contributed by atoms with E-state index in [4.69, 9.17) is 17.0 Å². The second-order valence-corrected chi connectivity index (χ2v) is 7.42. The van der Waals surface area contributed by atoms with Crippen LogP contribution in [0.2, 0.25) is 0 Å². The number of ether oxygens (including phenoxy) is 1. The average Bonchev–Trinajstić information content (AvgIpc) is 2.81. The number of amides is 1. The van der Waals surface area contributed by atoms with Crippen LogP contribution in [0.4, 0.5) is 0 Å². The number of thioether (sulfide) groups is 1. The summed E-state index contributed by atoms with van der Waals surface area (Å²) in [4.78, 5) is 25.7. The number of carbonyl (C=O) groups is 2. The summed E-state index contributed by atoms with van der Waals surface area (Å²) in [7, 11) is 0. The van der Waals surface area contributed by atoms with Gasteiger partial charge in [0.05, 0.1) is 4.91 Å². The molecule has 25 heavy (non-hydrogen) atoms. The molecule has 0 saturated carbocycles. The minimum Gasteiger partial charge on any atom is -0.490 e. The van der Waals surface area contributed by atoms with E-state index in [1.54, 1.807) is 38.1 Å². The van der Waals surface area contributed by atoms with Crippen LogP contribution in [0.5, 0.6) is 5.75 Å². The summed E-state index contributed by atoms with van der Waals surface area (Å²) in [6, 6.07) is 6.27. The molecule has 132 valence electrons. The van der Waals surface area contributed by atoms with Gasteiger partial charge in [-0.25, -0.2) is 4.79 Å². The van der Waals surface area contributed by atoms with Gasteiger partial charge in [-0.2, -0.15) is 0 Å². The maximum absolute atomic E-state index is 12.6. The highest BCUT2D eigenvalue weighted by Gasteiger charge is 2.41. The molecule has 1 aromatic carbocycles. The number of carbonyl (C=O) groups excluding carboxylic acids is 1. The lowest BCUT2D eigenvalue weighted by Crippen LogP contribution is -2.47. The monoisotopic (exact) mass is 377 g/mol. The summed E-state index contributed by atoms with van der Waals surface area (Å²) < 4.78 is 5.68. The average molecular weight is 377 g/mol. The number of hydrogen-bond donors (Lipinski definition) is 1. The smallest absolute Gasteiger partial charge is 0.327 e. The SMILES string of the molecule is C=CCOc1ccc(C=C2SC(=S)N(C(C(=O)O)C(C)C)C2=O)cc1. The number of carboxylic acid groups (broad SMARTS) is 1. The van der Waals surface area contributed by atoms with E-state index in [1.807, 2.05) is 12.1 Å². The Labute approximate surface area is 156 Å². The van der Waals surface area contributed by atoms with Crippen LogP contribution in [0.15, 0.2) is 41.8 Å². The molecule has 0 aromatic heterocycles. The fraction of sp³-hybridized carbons (Fsp3) is 0.278. The molecular formula is C18H19NO4S2. The van der Waals surface area contributed by atoms with Crippen LogP contribution in [-0.4, -0.2) is 38.9 Å². The summed E-state index contributed by atoms with van der Waals surface area (Å²) in [6.45, 7) is 7.52. The Morgan fingerprint density at radius 3 is 2.56 bits per heavy atom. The molecule has 0 bridgehead atoms. The molecule has 1 N–H and O–H groups in total. The van der Waals surface area contributed by atoms with Crippen molar-refractivity contribution in [3.05, 3.63) is 47.4 Å². The molecule has 2 rings (SSSR count). The number of nitrogens with zero attached hydrogens (tertiary/aromatic N) is 1. The van der Waals surface area contributed by atoms with Gasteiger partial charge < -0.3 is 9.84 Å². The number of thiocarbonyl (C=S) groups is 1. The third-order valence-corrected chi connectivity index (χ3v) is 4.86. The Morgan fingerprint density at radius 1 is 1.40 bits per heavy atom. The van der Waals surface area contributed by atoms with Crippen LogP contribution in [-0.2, 0) is 9.59 Å². The Balaban J connectivity index is 2.22. The summed E-state index contributed by atoms with van der Waals surface area (Å²) in [6.07, 6.45) is 3.36. The summed E-state index contributed by atoms with van der Waals surface area (Å²) in [5.41, 5.74) is 0.808. The molecule has 1 atom stereocenters. The molecule has 1 aliphatic rings. The van der Waals surface area contributed by atoms with Crippen LogP contribution in [0, 0.1) is 5.92 Å². The van der Waals surface area contributed by atoms with E-state index < -0.39 is 12.0 Å². The largest absolute Gasteiger partial charge is 0.490 e. The van der Waals surface area contributed by atoms with Crippen LogP contribution in [0.25, 0.3) is 6.08 Å². The number of hydrogen-bond acceptors (Lipinski definition) is 5. The highest BCUT2D eigenvalue weighted by Crippen LogP contribution is 2.35. The standard InChI is InChI=1S/C18H19NO4S2/c1-4-9-23-13-7-5-12(6-8-13)10-14-16(20)19(18(24)25-14)15(11(2)3)17(21)22/h4-8,10-11,15H,1,9H2,2-3H3,(H,21,22). The first-order valence-corrected chi connectivity index (χ1v) is 8.91. The molecule has 1 fully saturated rings. The van der Waals surface area contributed by atoms with Crippen molar-refractivity contribution in [3.8, 4) is 5.75 Å². The first-order chi connectivity index (χ1) is 11.8. The molecule has 0 spiro atoms. The molecule has 0 radical (unpaired) electrons. The lowest BCUT2D eigenvalue weighted by Gasteiger charge is -2.26. The topological polar surface area (TPSA) is 66.8 Å². The van der Waals surface area contributed by atoms with E-state index in [1.165, 1.54) is 4.90 Å². The lowest BCUT2D eigenvalue weighted by molar-refractivity contribution is -0.146. The van der Waals surface area contributed by atoms with Crippen molar-refractivity contribution in [1.29, 1.82) is 0 Å². The van der Waals surface area contributed by atoms with Crippen LogP contribution < -0.4 is 4.74 Å². The van der Waals surface area contributed by atoms with Gasteiger partial charge in [0, 0.05) is 0 Å². The van der Waals surface area contributed by atoms with Crippen molar-refractivity contribution in [2.45, 2.75) is 19.9 Å². The zero-order valence-corrected chi connectivity index (χ0v) is 15.6. The Morgan fingerprint density at radius 2 is 2.04 bits per heavy atom. The number of carboxylic acids is 1. The van der Waals surface area contributed by atoms with Gasteiger partial charge in [-0.3, -0.25) is 9.69 Å². The number of benzene rings is 1. The summed E-state index contributed by atoms with van der Waals surface area (Å²) >= 11 is 6.35. The Bertz CT molecular complexity index is 725. The summed E-state index contributed by atoms with van der Waals surface area (Å²) in [5, 5.41) is 9.41. The molecule has 0 aliphatic carbocycles. The first-order valence-electron chi connectivity index (χ1n) is 7.68. The quantitative estimate of drug-likeness (QED) is 0.445. The van der Waals surface area contributed by atoms with Gasteiger partial charge in [-0.05, 0) is 29.7 Å². The Kier molecular flexibility index (Phi) is 6.39. The van der Waals surface area contributed by atoms with E-state index in [-0.39, 0.29) is 16.1 Å². The highest BCUT2D eigenvalue weighted by molar-refractivity contribution is 8.26. The van der Waals surface area contributed by atoms with Gasteiger partial charge in [0.15, 0.2) is 0 Å². The predicted molar refractivity (Wildman–Crippen MR) is 103 cm³/mol. The van der Waals surface area contributed by atoms with Crippen LogP contribution >= 0.6 is 24.0 Å². The van der Waals surface area contributed by atoms with Crippen molar-refractivity contribution >= 4 is 46.3 Å². The highest BCUT2D eigenvalue weighted by atomic mass is 32.2.